The van der Waals surface area contributed by atoms with E-state index in [1.54, 1.807) is 0 Å². The van der Waals surface area contributed by atoms with E-state index in [-0.39, 0.29) is 5.91 Å². The summed E-state index contributed by atoms with van der Waals surface area (Å²) in [5, 5.41) is 4.67. The van der Waals surface area contributed by atoms with Crippen LogP contribution in [0.1, 0.15) is 48.2 Å². The molecule has 30 heavy (non-hydrogen) atoms. The summed E-state index contributed by atoms with van der Waals surface area (Å²) >= 11 is 6.09. The molecule has 1 N–H and O–H groups in total. The smallest absolute Gasteiger partial charge is 0.272 e. The molecule has 0 aliphatic heterocycles. The fraction of sp³-hybridized carbons (Fsp3) is 0.400. The number of aryl methyl sites for hydroxylation is 1. The van der Waals surface area contributed by atoms with E-state index in [1.807, 2.05) is 48.0 Å². The second-order valence-corrected chi connectivity index (χ2v) is 9.61. The summed E-state index contributed by atoms with van der Waals surface area (Å²) in [5.74, 6) is -0.115. The third-order valence-corrected chi connectivity index (χ3v) is 6.84. The predicted octanol–water partition coefficient (Wildman–Crippen LogP) is 5.99. The quantitative estimate of drug-likeness (QED) is 0.501. The van der Waals surface area contributed by atoms with Gasteiger partial charge in [0.1, 0.15) is 12.2 Å². The van der Waals surface area contributed by atoms with Gasteiger partial charge in [-0.1, -0.05) is 30.2 Å². The maximum atomic E-state index is 12.8. The Kier molecular flexibility index (Phi) is 5.90. The van der Waals surface area contributed by atoms with Crippen molar-refractivity contribution in [2.75, 3.05) is 19.4 Å². The summed E-state index contributed by atoms with van der Waals surface area (Å²) in [6.07, 6.45) is 6.76. The molecule has 2 aromatic carbocycles. The number of hydrogen-bond donors (Lipinski definition) is 1. The van der Waals surface area contributed by atoms with Gasteiger partial charge >= 0.3 is 0 Å². The van der Waals surface area contributed by atoms with Gasteiger partial charge in [0.05, 0.1) is 20.1 Å². The molecule has 0 atom stereocenters. The van der Waals surface area contributed by atoms with Crippen molar-refractivity contribution >= 4 is 34.1 Å². The van der Waals surface area contributed by atoms with Crippen molar-refractivity contribution in [3.8, 4) is 0 Å². The van der Waals surface area contributed by atoms with Crippen molar-refractivity contribution in [1.82, 2.24) is 4.57 Å². The number of hydrogen-bond acceptors (Lipinski definition) is 1. The molecule has 158 valence electrons. The number of rotatable bonds is 5. The summed E-state index contributed by atoms with van der Waals surface area (Å²) in [7, 11) is 6.59. The highest BCUT2D eigenvalue weighted by Gasteiger charge is 2.29. The minimum Gasteiger partial charge on any atom is -0.340 e. The predicted molar refractivity (Wildman–Crippen MR) is 125 cm³/mol. The van der Waals surface area contributed by atoms with E-state index in [0.29, 0.717) is 10.7 Å². The Bertz CT molecular complexity index is 1050. The van der Waals surface area contributed by atoms with Gasteiger partial charge in [0, 0.05) is 34.2 Å². The van der Waals surface area contributed by atoms with E-state index >= 15 is 0 Å². The van der Waals surface area contributed by atoms with Crippen molar-refractivity contribution < 1.29 is 9.28 Å². The summed E-state index contributed by atoms with van der Waals surface area (Å²) in [6.45, 7) is 1.02. The van der Waals surface area contributed by atoms with Crippen molar-refractivity contribution in [3.05, 3.63) is 64.8 Å². The molecule has 1 aliphatic rings. The van der Waals surface area contributed by atoms with Crippen molar-refractivity contribution in [2.24, 2.45) is 7.05 Å². The number of quaternary nitrogens is 1. The number of aromatic nitrogens is 1. The zero-order valence-corrected chi connectivity index (χ0v) is 18.9. The van der Waals surface area contributed by atoms with Gasteiger partial charge in [-0.05, 0) is 62.1 Å². The molecular weight excluding hydrogens is 394 g/mol. The first-order valence-corrected chi connectivity index (χ1v) is 11.2. The van der Waals surface area contributed by atoms with Crippen molar-refractivity contribution in [3.63, 3.8) is 0 Å². The molecule has 3 aromatic rings. The van der Waals surface area contributed by atoms with Crippen LogP contribution in [0.4, 0.5) is 5.69 Å². The van der Waals surface area contributed by atoms with Crippen molar-refractivity contribution in [1.29, 1.82) is 0 Å². The van der Waals surface area contributed by atoms with E-state index in [9.17, 15) is 4.79 Å². The van der Waals surface area contributed by atoms with Crippen LogP contribution >= 0.6 is 11.6 Å². The number of nitrogens with one attached hydrogen (secondary N) is 1. The maximum Gasteiger partial charge on any atom is 0.272 e. The van der Waals surface area contributed by atoms with Crippen LogP contribution in [-0.2, 0) is 13.6 Å². The van der Waals surface area contributed by atoms with Gasteiger partial charge in [-0.15, -0.1) is 0 Å². The van der Waals surface area contributed by atoms with Crippen LogP contribution in [0, 0.1) is 0 Å². The summed E-state index contributed by atoms with van der Waals surface area (Å²) < 4.78 is 2.93. The number of carbonyl (C=O) groups is 1. The van der Waals surface area contributed by atoms with E-state index in [4.69, 9.17) is 11.6 Å². The molecule has 0 saturated heterocycles. The molecule has 5 heteroatoms. The molecule has 1 aliphatic carbocycles. The molecule has 0 spiro atoms. The topological polar surface area (TPSA) is 34.0 Å². The molecule has 1 aromatic heterocycles. The number of nitrogens with zero attached hydrogens (tertiary/aromatic N) is 2. The Morgan fingerprint density at radius 3 is 2.47 bits per heavy atom. The lowest BCUT2D eigenvalue weighted by Crippen LogP contribution is -2.48. The van der Waals surface area contributed by atoms with Gasteiger partial charge in [-0.3, -0.25) is 4.79 Å². The molecule has 0 unspecified atom stereocenters. The van der Waals surface area contributed by atoms with E-state index < -0.39 is 0 Å². The third kappa shape index (κ3) is 4.40. The van der Waals surface area contributed by atoms with Crippen LogP contribution in [-0.4, -0.2) is 35.1 Å². The number of carbonyl (C=O) groups excluding carboxylic acids is 1. The first kappa shape index (κ1) is 21.0. The van der Waals surface area contributed by atoms with Gasteiger partial charge in [0.15, 0.2) is 0 Å². The van der Waals surface area contributed by atoms with Crippen LogP contribution in [0.15, 0.2) is 48.5 Å². The van der Waals surface area contributed by atoms with Crippen LogP contribution in [0.2, 0.25) is 5.02 Å². The number of benzene rings is 2. The molecule has 4 nitrogen and oxygen atoms in total. The van der Waals surface area contributed by atoms with Gasteiger partial charge in [0.25, 0.3) is 5.91 Å². The molecule has 1 amide bonds. The number of anilines is 1. The van der Waals surface area contributed by atoms with E-state index in [2.05, 4.69) is 31.5 Å². The van der Waals surface area contributed by atoms with Crippen LogP contribution in [0.5, 0.6) is 0 Å². The highest BCUT2D eigenvalue weighted by Crippen LogP contribution is 2.28. The second-order valence-electron chi connectivity index (χ2n) is 9.17. The minimum atomic E-state index is -0.115. The molecular formula is C25H31ClN3O+. The lowest BCUT2D eigenvalue weighted by Gasteiger charge is -2.40. The van der Waals surface area contributed by atoms with Crippen LogP contribution in [0.25, 0.3) is 10.9 Å². The first-order valence-electron chi connectivity index (χ1n) is 10.8. The average Bonchev–Trinajstić information content (AvgIpc) is 3.06. The van der Waals surface area contributed by atoms with Gasteiger partial charge < -0.3 is 14.4 Å². The van der Waals surface area contributed by atoms with Crippen LogP contribution < -0.4 is 5.32 Å². The molecule has 1 heterocycles. The Hall–Kier alpha value is -2.30. The molecule has 1 fully saturated rings. The molecule has 4 rings (SSSR count). The highest BCUT2D eigenvalue weighted by atomic mass is 35.5. The number of amides is 1. The molecule has 0 bridgehead atoms. The lowest BCUT2D eigenvalue weighted by molar-refractivity contribution is -0.929. The van der Waals surface area contributed by atoms with Crippen LogP contribution in [0.3, 0.4) is 0 Å². The van der Waals surface area contributed by atoms with Gasteiger partial charge in [0.2, 0.25) is 0 Å². The Morgan fingerprint density at radius 1 is 1.07 bits per heavy atom. The third-order valence-electron chi connectivity index (χ3n) is 6.60. The largest absolute Gasteiger partial charge is 0.340 e. The summed E-state index contributed by atoms with van der Waals surface area (Å²) in [4.78, 5) is 12.8. The second kappa shape index (κ2) is 8.44. The Labute approximate surface area is 184 Å². The average molecular weight is 425 g/mol. The fourth-order valence-corrected chi connectivity index (χ4v) is 4.99. The maximum absolute atomic E-state index is 12.8. The van der Waals surface area contributed by atoms with E-state index in [0.717, 1.165) is 33.7 Å². The van der Waals surface area contributed by atoms with E-state index in [1.165, 1.54) is 37.7 Å². The molecule has 0 radical (unpaired) electrons. The zero-order chi connectivity index (χ0) is 21.3. The van der Waals surface area contributed by atoms with Gasteiger partial charge in [-0.2, -0.15) is 0 Å². The first-order chi connectivity index (χ1) is 14.3. The minimum absolute atomic E-state index is 0.115. The Morgan fingerprint density at radius 2 is 1.77 bits per heavy atom. The highest BCUT2D eigenvalue weighted by molar-refractivity contribution is 6.31. The normalized spacial score (nSPS) is 15.5. The monoisotopic (exact) mass is 424 g/mol. The zero-order valence-electron chi connectivity index (χ0n) is 18.1. The lowest BCUT2D eigenvalue weighted by atomic mass is 9.92. The van der Waals surface area contributed by atoms with Crippen molar-refractivity contribution in [2.45, 2.75) is 44.7 Å². The van der Waals surface area contributed by atoms with Gasteiger partial charge in [-0.25, -0.2) is 0 Å². The Balaban J connectivity index is 1.44. The number of fused-ring (bicyclic) bond motifs is 1. The molecule has 1 saturated carbocycles. The SMILES string of the molecule is Cn1c(C(=O)Nc2ccc(C[N+](C)(C)C3CCCCC3)cc2)cc2cc(Cl)ccc21. The summed E-state index contributed by atoms with van der Waals surface area (Å²) in [5.41, 5.74) is 3.73. The standard InChI is InChI=1S/C25H30ClN3O/c1-28-23-14-11-20(26)15-19(23)16-24(28)25(30)27-21-12-9-18(10-13-21)17-29(2,3)22-7-5-4-6-8-22/h9-16,22H,4-8,17H2,1-3H3/p+1. The summed E-state index contributed by atoms with van der Waals surface area (Å²) in [6, 6.07) is 16.6. The number of halogens is 1. The fourth-order valence-electron chi connectivity index (χ4n) is 4.81.